The number of halogens is 3. The van der Waals surface area contributed by atoms with Crippen molar-refractivity contribution in [2.45, 2.75) is 6.61 Å². The van der Waals surface area contributed by atoms with Gasteiger partial charge in [0, 0.05) is 21.3 Å². The van der Waals surface area contributed by atoms with E-state index in [0.717, 1.165) is 9.13 Å². The zero-order valence-corrected chi connectivity index (χ0v) is 20.5. The number of hydrogen-bond donors (Lipinski definition) is 1. The number of nitriles is 1. The largest absolute Gasteiger partial charge is 0.493 e. The number of rotatable bonds is 7. The van der Waals surface area contributed by atoms with Crippen LogP contribution in [-0.4, -0.2) is 13.0 Å². The van der Waals surface area contributed by atoms with Crippen LogP contribution < -0.4 is 14.8 Å². The summed E-state index contributed by atoms with van der Waals surface area (Å²) >= 11 is 14.3. The van der Waals surface area contributed by atoms with E-state index >= 15 is 0 Å². The average molecular weight is 579 g/mol. The van der Waals surface area contributed by atoms with Crippen molar-refractivity contribution in [2.75, 3.05) is 12.4 Å². The topological polar surface area (TPSA) is 71.3 Å². The molecule has 0 radical (unpaired) electrons. The number of carbonyl (C=O) groups is 1. The molecule has 0 saturated heterocycles. The van der Waals surface area contributed by atoms with Gasteiger partial charge >= 0.3 is 0 Å². The van der Waals surface area contributed by atoms with Crippen LogP contribution >= 0.6 is 45.8 Å². The Balaban J connectivity index is 1.82. The molecule has 3 rings (SSSR count). The summed E-state index contributed by atoms with van der Waals surface area (Å²) in [6, 6.07) is 19.6. The summed E-state index contributed by atoms with van der Waals surface area (Å²) in [5, 5.41) is 13.2. The predicted octanol–water partition coefficient (Wildman–Crippen LogP) is 6.73. The Morgan fingerprint density at radius 2 is 1.91 bits per heavy atom. The number of nitrogens with one attached hydrogen (secondary N) is 1. The molecule has 0 atom stereocenters. The monoisotopic (exact) mass is 578 g/mol. The minimum atomic E-state index is -0.495. The molecule has 1 amide bonds. The van der Waals surface area contributed by atoms with Gasteiger partial charge in [0.1, 0.15) is 18.2 Å². The number of amides is 1. The molecule has 0 spiro atoms. The van der Waals surface area contributed by atoms with Crippen molar-refractivity contribution >= 4 is 63.5 Å². The second-order valence-corrected chi connectivity index (χ2v) is 8.55. The van der Waals surface area contributed by atoms with Crippen LogP contribution in [0.3, 0.4) is 0 Å². The van der Waals surface area contributed by atoms with E-state index < -0.39 is 5.91 Å². The van der Waals surface area contributed by atoms with E-state index in [4.69, 9.17) is 32.7 Å². The number of hydrogen-bond acceptors (Lipinski definition) is 4. The number of carbonyl (C=O) groups excluding carboxylic acids is 1. The SMILES string of the molecule is COc1cc(/C=C(/C#N)C(=O)Nc2ccccc2)cc(I)c1OCc1ccc(Cl)cc1Cl. The molecule has 162 valence electrons. The molecule has 0 heterocycles. The van der Waals surface area contributed by atoms with E-state index in [0.29, 0.717) is 32.8 Å². The van der Waals surface area contributed by atoms with Gasteiger partial charge in [-0.3, -0.25) is 4.79 Å². The molecule has 32 heavy (non-hydrogen) atoms. The third-order valence-corrected chi connectivity index (χ3v) is 5.73. The Morgan fingerprint density at radius 1 is 1.16 bits per heavy atom. The molecule has 0 aliphatic rings. The number of benzene rings is 3. The maximum Gasteiger partial charge on any atom is 0.266 e. The molecule has 0 aromatic heterocycles. The Kier molecular flexibility index (Phi) is 8.39. The van der Waals surface area contributed by atoms with Gasteiger partial charge < -0.3 is 14.8 Å². The third-order valence-electron chi connectivity index (χ3n) is 4.35. The van der Waals surface area contributed by atoms with Gasteiger partial charge in [0.15, 0.2) is 11.5 Å². The van der Waals surface area contributed by atoms with Gasteiger partial charge in [-0.05, 0) is 70.6 Å². The molecule has 5 nitrogen and oxygen atoms in total. The third kappa shape index (κ3) is 6.16. The highest BCUT2D eigenvalue weighted by molar-refractivity contribution is 14.1. The Hall–Kier alpha value is -2.73. The number of ether oxygens (including phenoxy) is 2. The lowest BCUT2D eigenvalue weighted by atomic mass is 10.1. The van der Waals surface area contributed by atoms with Gasteiger partial charge in [-0.25, -0.2) is 0 Å². The van der Waals surface area contributed by atoms with Crippen LogP contribution in [0.4, 0.5) is 5.69 Å². The fraction of sp³-hybridized carbons (Fsp3) is 0.0833. The first-order chi connectivity index (χ1) is 15.4. The lowest BCUT2D eigenvalue weighted by molar-refractivity contribution is -0.112. The average Bonchev–Trinajstić information content (AvgIpc) is 2.78. The van der Waals surface area contributed by atoms with Crippen LogP contribution in [-0.2, 0) is 11.4 Å². The molecule has 0 fully saturated rings. The molecule has 0 unspecified atom stereocenters. The number of anilines is 1. The molecule has 8 heteroatoms. The van der Waals surface area contributed by atoms with E-state index in [2.05, 4.69) is 27.9 Å². The Morgan fingerprint density at radius 3 is 2.56 bits per heavy atom. The van der Waals surface area contributed by atoms with Crippen molar-refractivity contribution in [3.63, 3.8) is 0 Å². The van der Waals surface area contributed by atoms with Crippen LogP contribution in [0.15, 0.2) is 66.2 Å². The van der Waals surface area contributed by atoms with Crippen LogP contribution in [0.1, 0.15) is 11.1 Å². The van der Waals surface area contributed by atoms with Gasteiger partial charge in [-0.2, -0.15) is 5.26 Å². The van der Waals surface area contributed by atoms with Crippen molar-refractivity contribution in [3.05, 3.63) is 91.0 Å². The van der Waals surface area contributed by atoms with Crippen molar-refractivity contribution in [1.29, 1.82) is 5.26 Å². The van der Waals surface area contributed by atoms with Gasteiger partial charge in [0.2, 0.25) is 0 Å². The summed E-state index contributed by atoms with van der Waals surface area (Å²) in [6.07, 6.45) is 1.50. The fourth-order valence-electron chi connectivity index (χ4n) is 2.79. The summed E-state index contributed by atoms with van der Waals surface area (Å²) in [6.45, 7) is 0.223. The van der Waals surface area contributed by atoms with Crippen molar-refractivity contribution in [3.8, 4) is 17.6 Å². The van der Waals surface area contributed by atoms with Crippen molar-refractivity contribution in [1.82, 2.24) is 0 Å². The Bertz CT molecular complexity index is 1210. The van der Waals surface area contributed by atoms with Gasteiger partial charge in [0.05, 0.1) is 10.7 Å². The molecule has 0 saturated carbocycles. The number of para-hydroxylation sites is 1. The first-order valence-electron chi connectivity index (χ1n) is 9.33. The van der Waals surface area contributed by atoms with Crippen molar-refractivity contribution in [2.24, 2.45) is 0 Å². The molecule has 0 bridgehead atoms. The van der Waals surface area contributed by atoms with E-state index in [1.165, 1.54) is 13.2 Å². The Labute approximate surface area is 209 Å². The molecule has 0 aliphatic carbocycles. The predicted molar refractivity (Wildman–Crippen MR) is 135 cm³/mol. The zero-order valence-electron chi connectivity index (χ0n) is 16.9. The van der Waals surface area contributed by atoms with Crippen molar-refractivity contribution < 1.29 is 14.3 Å². The fourth-order valence-corrected chi connectivity index (χ4v) is 4.03. The standard InChI is InChI=1S/C24H17Cl2IN2O3/c1-31-22-11-15(9-17(13-28)24(30)29-19-5-3-2-4-6-19)10-21(27)23(22)32-14-16-7-8-18(25)12-20(16)26/h2-12H,14H2,1H3,(H,29,30)/b17-9-. The maximum absolute atomic E-state index is 12.5. The summed E-state index contributed by atoms with van der Waals surface area (Å²) in [5.41, 5.74) is 1.98. The normalized spacial score (nSPS) is 10.9. The van der Waals surface area contributed by atoms with Crippen LogP contribution in [0.25, 0.3) is 6.08 Å². The summed E-state index contributed by atoms with van der Waals surface area (Å²) in [4.78, 5) is 12.5. The molecular formula is C24H17Cl2IN2O3. The first kappa shape index (κ1) is 23.9. The second-order valence-electron chi connectivity index (χ2n) is 6.55. The summed E-state index contributed by atoms with van der Waals surface area (Å²) in [7, 11) is 1.52. The minimum Gasteiger partial charge on any atom is -0.493 e. The highest BCUT2D eigenvalue weighted by Gasteiger charge is 2.15. The number of nitrogens with zero attached hydrogens (tertiary/aromatic N) is 1. The van der Waals surface area contributed by atoms with Gasteiger partial charge in [0.25, 0.3) is 5.91 Å². The summed E-state index contributed by atoms with van der Waals surface area (Å²) in [5.74, 6) is 0.503. The first-order valence-corrected chi connectivity index (χ1v) is 11.2. The highest BCUT2D eigenvalue weighted by Crippen LogP contribution is 2.36. The van der Waals surface area contributed by atoms with E-state index in [1.807, 2.05) is 12.1 Å². The van der Waals surface area contributed by atoms with E-state index in [1.54, 1.807) is 54.6 Å². The van der Waals surface area contributed by atoms with E-state index in [9.17, 15) is 10.1 Å². The summed E-state index contributed by atoms with van der Waals surface area (Å²) < 4.78 is 12.2. The molecule has 0 aliphatic heterocycles. The molecule has 3 aromatic rings. The maximum atomic E-state index is 12.5. The highest BCUT2D eigenvalue weighted by atomic mass is 127. The molecular weight excluding hydrogens is 562 g/mol. The molecule has 1 N–H and O–H groups in total. The van der Waals surface area contributed by atoms with Crippen LogP contribution in [0.2, 0.25) is 10.0 Å². The number of methoxy groups -OCH3 is 1. The lowest BCUT2D eigenvalue weighted by Crippen LogP contribution is -2.13. The zero-order chi connectivity index (χ0) is 23.1. The van der Waals surface area contributed by atoms with Crippen LogP contribution in [0.5, 0.6) is 11.5 Å². The van der Waals surface area contributed by atoms with Crippen LogP contribution in [0, 0.1) is 14.9 Å². The van der Waals surface area contributed by atoms with Gasteiger partial charge in [-0.1, -0.05) is 47.5 Å². The van der Waals surface area contributed by atoms with E-state index in [-0.39, 0.29) is 12.2 Å². The smallest absolute Gasteiger partial charge is 0.266 e. The minimum absolute atomic E-state index is 0.0340. The molecule has 3 aromatic carbocycles. The second kappa shape index (κ2) is 11.2. The quantitative estimate of drug-likeness (QED) is 0.192. The van der Waals surface area contributed by atoms with Gasteiger partial charge in [-0.15, -0.1) is 0 Å². The lowest BCUT2D eigenvalue weighted by Gasteiger charge is -2.14.